The van der Waals surface area contributed by atoms with E-state index in [0.29, 0.717) is 24.6 Å². The molecule has 0 aliphatic carbocycles. The molecule has 2 aromatic heterocycles. The standard InChI is InChI=1S/C17H17N5O2/c18-7-9-22-16(10-14(21-22)12-4-2-1-3-5-12)20-15-11-19-8-6-13(15)17(23)24/h1-6,8,10-11,20H,7,9,18H2,(H,23,24). The van der Waals surface area contributed by atoms with E-state index in [1.165, 1.54) is 18.5 Å². The quantitative estimate of drug-likeness (QED) is 0.643. The Bertz CT molecular complexity index is 845. The van der Waals surface area contributed by atoms with E-state index in [1.54, 1.807) is 4.68 Å². The first-order valence-electron chi connectivity index (χ1n) is 7.46. The predicted molar refractivity (Wildman–Crippen MR) is 91.2 cm³/mol. The minimum atomic E-state index is -1.02. The number of aromatic nitrogens is 3. The molecular formula is C17H17N5O2. The number of nitrogens with one attached hydrogen (secondary N) is 1. The van der Waals surface area contributed by atoms with Gasteiger partial charge in [-0.3, -0.25) is 4.98 Å². The number of aromatic carboxylic acids is 1. The van der Waals surface area contributed by atoms with E-state index < -0.39 is 5.97 Å². The summed E-state index contributed by atoms with van der Waals surface area (Å²) < 4.78 is 1.72. The molecule has 3 aromatic rings. The van der Waals surface area contributed by atoms with Crippen molar-refractivity contribution in [2.75, 3.05) is 11.9 Å². The van der Waals surface area contributed by atoms with E-state index in [-0.39, 0.29) is 5.56 Å². The Morgan fingerprint density at radius 1 is 1.25 bits per heavy atom. The molecule has 0 aliphatic heterocycles. The van der Waals surface area contributed by atoms with Crippen LogP contribution in [0, 0.1) is 0 Å². The van der Waals surface area contributed by atoms with Gasteiger partial charge in [0.25, 0.3) is 0 Å². The van der Waals surface area contributed by atoms with Gasteiger partial charge in [0.2, 0.25) is 0 Å². The molecule has 1 aromatic carbocycles. The first-order chi connectivity index (χ1) is 11.7. The second kappa shape index (κ2) is 6.93. The van der Waals surface area contributed by atoms with Crippen molar-refractivity contribution in [3.05, 3.63) is 60.4 Å². The van der Waals surface area contributed by atoms with Crippen LogP contribution in [-0.2, 0) is 6.54 Å². The van der Waals surface area contributed by atoms with Crippen LogP contribution < -0.4 is 11.1 Å². The van der Waals surface area contributed by atoms with Crippen LogP contribution >= 0.6 is 0 Å². The molecule has 7 heteroatoms. The second-order valence-corrected chi connectivity index (χ2v) is 5.14. The lowest BCUT2D eigenvalue weighted by atomic mass is 10.1. The van der Waals surface area contributed by atoms with E-state index in [9.17, 15) is 9.90 Å². The van der Waals surface area contributed by atoms with E-state index in [0.717, 1.165) is 11.3 Å². The van der Waals surface area contributed by atoms with Crippen LogP contribution in [-0.4, -0.2) is 32.4 Å². The number of anilines is 2. The van der Waals surface area contributed by atoms with Crippen LogP contribution in [0.1, 0.15) is 10.4 Å². The van der Waals surface area contributed by atoms with Gasteiger partial charge in [-0.25, -0.2) is 9.48 Å². The van der Waals surface area contributed by atoms with Crippen LogP contribution in [0.2, 0.25) is 0 Å². The van der Waals surface area contributed by atoms with Gasteiger partial charge < -0.3 is 16.2 Å². The van der Waals surface area contributed by atoms with E-state index in [1.807, 2.05) is 36.4 Å². The van der Waals surface area contributed by atoms with Crippen molar-refractivity contribution < 1.29 is 9.90 Å². The van der Waals surface area contributed by atoms with Gasteiger partial charge in [-0.2, -0.15) is 5.10 Å². The molecule has 3 rings (SSSR count). The fraction of sp³-hybridized carbons (Fsp3) is 0.118. The summed E-state index contributed by atoms with van der Waals surface area (Å²) in [5.74, 6) is -0.358. The molecule has 0 radical (unpaired) electrons. The molecule has 0 aliphatic rings. The van der Waals surface area contributed by atoms with Gasteiger partial charge in [0, 0.05) is 24.4 Å². The number of nitrogens with two attached hydrogens (primary N) is 1. The summed E-state index contributed by atoms with van der Waals surface area (Å²) >= 11 is 0. The highest BCUT2D eigenvalue weighted by atomic mass is 16.4. The molecule has 2 heterocycles. The zero-order valence-corrected chi connectivity index (χ0v) is 12.9. The zero-order chi connectivity index (χ0) is 16.9. The second-order valence-electron chi connectivity index (χ2n) is 5.14. The molecule has 0 atom stereocenters. The minimum Gasteiger partial charge on any atom is -0.478 e. The molecule has 0 unspecified atom stereocenters. The molecule has 4 N–H and O–H groups in total. The summed E-state index contributed by atoms with van der Waals surface area (Å²) in [5.41, 5.74) is 7.96. The first-order valence-corrected chi connectivity index (χ1v) is 7.46. The van der Waals surface area contributed by atoms with Gasteiger partial charge in [0.1, 0.15) is 5.82 Å². The molecule has 0 saturated carbocycles. The molecular weight excluding hydrogens is 306 g/mol. The SMILES string of the molecule is NCCn1nc(-c2ccccc2)cc1Nc1cnccc1C(=O)O. The van der Waals surface area contributed by atoms with Gasteiger partial charge >= 0.3 is 5.97 Å². The Balaban J connectivity index is 1.98. The summed E-state index contributed by atoms with van der Waals surface area (Å²) in [6.45, 7) is 0.932. The fourth-order valence-corrected chi connectivity index (χ4v) is 2.38. The van der Waals surface area contributed by atoms with Crippen LogP contribution in [0.15, 0.2) is 54.9 Å². The third-order valence-corrected chi connectivity index (χ3v) is 3.50. The summed E-state index contributed by atoms with van der Waals surface area (Å²) in [7, 11) is 0. The Labute approximate surface area is 138 Å². The molecule has 0 fully saturated rings. The maximum atomic E-state index is 11.3. The van der Waals surface area contributed by atoms with Crippen LogP contribution in [0.3, 0.4) is 0 Å². The molecule has 0 amide bonds. The molecule has 7 nitrogen and oxygen atoms in total. The highest BCUT2D eigenvalue weighted by Gasteiger charge is 2.14. The molecule has 122 valence electrons. The highest BCUT2D eigenvalue weighted by molar-refractivity contribution is 5.94. The van der Waals surface area contributed by atoms with E-state index >= 15 is 0 Å². The number of carbonyl (C=O) groups is 1. The number of carboxylic acid groups (broad SMARTS) is 1. The van der Waals surface area contributed by atoms with Crippen molar-refractivity contribution in [3.8, 4) is 11.3 Å². The number of hydrogen-bond donors (Lipinski definition) is 3. The monoisotopic (exact) mass is 323 g/mol. The van der Waals surface area contributed by atoms with Crippen molar-refractivity contribution in [3.63, 3.8) is 0 Å². The van der Waals surface area contributed by atoms with Gasteiger partial charge in [-0.1, -0.05) is 30.3 Å². The Morgan fingerprint density at radius 3 is 2.75 bits per heavy atom. The van der Waals surface area contributed by atoms with Gasteiger partial charge in [-0.15, -0.1) is 0 Å². The lowest BCUT2D eigenvalue weighted by molar-refractivity contribution is 0.0698. The lowest BCUT2D eigenvalue weighted by Gasteiger charge is -2.10. The fourth-order valence-electron chi connectivity index (χ4n) is 2.38. The topological polar surface area (TPSA) is 106 Å². The van der Waals surface area contributed by atoms with Gasteiger partial charge in [0.05, 0.1) is 29.7 Å². The maximum absolute atomic E-state index is 11.3. The number of pyridine rings is 1. The van der Waals surface area contributed by atoms with E-state index in [2.05, 4.69) is 15.4 Å². The third kappa shape index (κ3) is 3.26. The van der Waals surface area contributed by atoms with Gasteiger partial charge in [0.15, 0.2) is 0 Å². The average molecular weight is 323 g/mol. The number of benzene rings is 1. The van der Waals surface area contributed by atoms with Crippen molar-refractivity contribution in [1.82, 2.24) is 14.8 Å². The van der Waals surface area contributed by atoms with Crippen LogP contribution in [0.4, 0.5) is 11.5 Å². The molecule has 0 saturated heterocycles. The Kier molecular flexibility index (Phi) is 4.53. The van der Waals surface area contributed by atoms with Crippen LogP contribution in [0.25, 0.3) is 11.3 Å². The Hall–Kier alpha value is -3.19. The van der Waals surface area contributed by atoms with Crippen LogP contribution in [0.5, 0.6) is 0 Å². The zero-order valence-electron chi connectivity index (χ0n) is 12.9. The molecule has 0 bridgehead atoms. The third-order valence-electron chi connectivity index (χ3n) is 3.50. The van der Waals surface area contributed by atoms with E-state index in [4.69, 9.17) is 5.73 Å². The predicted octanol–water partition coefficient (Wildman–Crippen LogP) is 2.35. The summed E-state index contributed by atoms with van der Waals surface area (Å²) in [5, 5.41) is 16.9. The van der Waals surface area contributed by atoms with Crippen molar-refractivity contribution in [2.45, 2.75) is 6.54 Å². The summed E-state index contributed by atoms with van der Waals surface area (Å²) in [6.07, 6.45) is 2.92. The lowest BCUT2D eigenvalue weighted by Crippen LogP contribution is -2.14. The van der Waals surface area contributed by atoms with Crippen molar-refractivity contribution in [2.24, 2.45) is 5.73 Å². The van der Waals surface area contributed by atoms with Crippen molar-refractivity contribution >= 4 is 17.5 Å². The largest absolute Gasteiger partial charge is 0.478 e. The van der Waals surface area contributed by atoms with Crippen molar-refractivity contribution in [1.29, 1.82) is 0 Å². The highest BCUT2D eigenvalue weighted by Crippen LogP contribution is 2.25. The average Bonchev–Trinajstić information content (AvgIpc) is 2.99. The molecule has 24 heavy (non-hydrogen) atoms. The first kappa shape index (κ1) is 15.7. The Morgan fingerprint density at radius 2 is 2.04 bits per heavy atom. The summed E-state index contributed by atoms with van der Waals surface area (Å²) in [4.78, 5) is 15.3. The number of carboxylic acids is 1. The number of nitrogens with zero attached hydrogens (tertiary/aromatic N) is 3. The minimum absolute atomic E-state index is 0.145. The van der Waals surface area contributed by atoms with Gasteiger partial charge in [-0.05, 0) is 6.07 Å². The number of hydrogen-bond acceptors (Lipinski definition) is 5. The number of rotatable bonds is 6. The normalized spacial score (nSPS) is 10.5. The molecule has 0 spiro atoms. The summed E-state index contributed by atoms with van der Waals surface area (Å²) in [6, 6.07) is 13.1. The maximum Gasteiger partial charge on any atom is 0.337 e. The smallest absolute Gasteiger partial charge is 0.337 e.